The Morgan fingerprint density at radius 1 is 1.19 bits per heavy atom. The van der Waals surface area contributed by atoms with E-state index in [4.69, 9.17) is 9.15 Å². The van der Waals surface area contributed by atoms with E-state index in [1.807, 2.05) is 24.3 Å². The Balaban J connectivity index is 1.44. The second-order valence-corrected chi connectivity index (χ2v) is 6.36. The summed E-state index contributed by atoms with van der Waals surface area (Å²) < 4.78 is 10.8. The van der Waals surface area contributed by atoms with E-state index < -0.39 is 0 Å². The number of rotatable bonds is 6. The van der Waals surface area contributed by atoms with Crippen molar-refractivity contribution >= 4 is 11.8 Å². The third-order valence-electron chi connectivity index (χ3n) is 4.63. The lowest BCUT2D eigenvalue weighted by Crippen LogP contribution is -2.47. The summed E-state index contributed by atoms with van der Waals surface area (Å²) in [6.07, 6.45) is 3.80. The number of carbonyl (C=O) groups excluding carboxylic acids is 2. The van der Waals surface area contributed by atoms with Crippen LogP contribution in [-0.2, 0) is 11.2 Å². The van der Waals surface area contributed by atoms with Gasteiger partial charge in [0.2, 0.25) is 0 Å². The number of para-hydroxylation sites is 1. The zero-order valence-electron chi connectivity index (χ0n) is 14.9. The molecule has 3 rings (SSSR count). The van der Waals surface area contributed by atoms with Gasteiger partial charge < -0.3 is 19.4 Å². The van der Waals surface area contributed by atoms with Gasteiger partial charge in [-0.15, -0.1) is 0 Å². The van der Waals surface area contributed by atoms with Crippen LogP contribution in [0.2, 0.25) is 0 Å². The molecule has 2 aromatic rings. The number of piperidine rings is 1. The van der Waals surface area contributed by atoms with Crippen molar-refractivity contribution < 1.29 is 18.7 Å². The number of aryl methyl sites for hydroxylation is 1. The van der Waals surface area contributed by atoms with Crippen LogP contribution in [0.1, 0.15) is 35.9 Å². The van der Waals surface area contributed by atoms with Crippen molar-refractivity contribution in [2.24, 2.45) is 0 Å². The second-order valence-electron chi connectivity index (χ2n) is 6.36. The monoisotopic (exact) mass is 356 g/mol. The van der Waals surface area contributed by atoms with E-state index in [0.717, 1.165) is 30.6 Å². The minimum atomic E-state index is -0.209. The smallest absolute Gasteiger partial charge is 0.287 e. The average molecular weight is 356 g/mol. The van der Waals surface area contributed by atoms with Gasteiger partial charge in [0, 0.05) is 19.1 Å². The van der Waals surface area contributed by atoms with Gasteiger partial charge >= 0.3 is 0 Å². The molecule has 0 bridgehead atoms. The fourth-order valence-corrected chi connectivity index (χ4v) is 3.11. The summed E-state index contributed by atoms with van der Waals surface area (Å²) in [4.78, 5) is 26.2. The molecular weight excluding hydrogens is 332 g/mol. The van der Waals surface area contributed by atoms with Crippen molar-refractivity contribution in [1.82, 2.24) is 10.2 Å². The van der Waals surface area contributed by atoms with Crippen LogP contribution in [-0.4, -0.2) is 42.5 Å². The molecule has 2 heterocycles. The Bertz CT molecular complexity index is 734. The standard InChI is InChI=1S/C20H24N2O4/c1-2-15-6-3-4-7-17(15)26-14-19(23)22-11-9-16(10-12-22)21-20(24)18-8-5-13-25-18/h3-8,13,16H,2,9-12,14H2,1H3,(H,21,24). The normalized spacial score (nSPS) is 14.9. The molecule has 0 atom stereocenters. The van der Waals surface area contributed by atoms with Gasteiger partial charge in [-0.25, -0.2) is 0 Å². The SMILES string of the molecule is CCc1ccccc1OCC(=O)N1CCC(NC(=O)c2ccco2)CC1. The molecule has 0 unspecified atom stereocenters. The molecule has 2 amide bonds. The molecule has 0 radical (unpaired) electrons. The Morgan fingerprint density at radius 3 is 2.65 bits per heavy atom. The van der Waals surface area contributed by atoms with Crippen LogP contribution >= 0.6 is 0 Å². The van der Waals surface area contributed by atoms with E-state index in [9.17, 15) is 9.59 Å². The fraction of sp³-hybridized carbons (Fsp3) is 0.400. The topological polar surface area (TPSA) is 71.8 Å². The van der Waals surface area contributed by atoms with Crippen LogP contribution in [0.4, 0.5) is 0 Å². The Hall–Kier alpha value is -2.76. The highest BCUT2D eigenvalue weighted by molar-refractivity contribution is 5.91. The van der Waals surface area contributed by atoms with Crippen molar-refractivity contribution in [2.75, 3.05) is 19.7 Å². The number of hydrogen-bond donors (Lipinski definition) is 1. The number of nitrogens with one attached hydrogen (secondary N) is 1. The maximum atomic E-state index is 12.4. The lowest BCUT2D eigenvalue weighted by molar-refractivity contribution is -0.134. The summed E-state index contributed by atoms with van der Waals surface area (Å²) in [5, 5.41) is 2.95. The van der Waals surface area contributed by atoms with Gasteiger partial charge in [-0.2, -0.15) is 0 Å². The molecule has 1 aromatic carbocycles. The van der Waals surface area contributed by atoms with Crippen LogP contribution < -0.4 is 10.1 Å². The first-order valence-electron chi connectivity index (χ1n) is 9.00. The van der Waals surface area contributed by atoms with Gasteiger partial charge in [0.05, 0.1) is 6.26 Å². The average Bonchev–Trinajstić information content (AvgIpc) is 3.22. The molecular formula is C20H24N2O4. The van der Waals surface area contributed by atoms with Crippen molar-refractivity contribution in [3.63, 3.8) is 0 Å². The zero-order chi connectivity index (χ0) is 18.4. The van der Waals surface area contributed by atoms with Crippen LogP contribution in [0.5, 0.6) is 5.75 Å². The largest absolute Gasteiger partial charge is 0.483 e. The fourth-order valence-electron chi connectivity index (χ4n) is 3.11. The first kappa shape index (κ1) is 18.0. The molecule has 1 fully saturated rings. The van der Waals surface area contributed by atoms with E-state index in [1.54, 1.807) is 17.0 Å². The minimum Gasteiger partial charge on any atom is -0.483 e. The number of furan rings is 1. The number of ether oxygens (including phenoxy) is 1. The third-order valence-corrected chi connectivity index (χ3v) is 4.63. The molecule has 26 heavy (non-hydrogen) atoms. The maximum absolute atomic E-state index is 12.4. The van der Waals surface area contributed by atoms with Gasteiger partial charge in [0.15, 0.2) is 12.4 Å². The van der Waals surface area contributed by atoms with E-state index in [2.05, 4.69) is 12.2 Å². The van der Waals surface area contributed by atoms with Gasteiger partial charge in [-0.1, -0.05) is 25.1 Å². The summed E-state index contributed by atoms with van der Waals surface area (Å²) in [5.41, 5.74) is 1.10. The summed E-state index contributed by atoms with van der Waals surface area (Å²) >= 11 is 0. The first-order valence-corrected chi connectivity index (χ1v) is 9.00. The van der Waals surface area contributed by atoms with E-state index >= 15 is 0 Å². The first-order chi connectivity index (χ1) is 12.7. The number of nitrogens with zero attached hydrogens (tertiary/aromatic N) is 1. The van der Waals surface area contributed by atoms with Gasteiger partial charge in [0.1, 0.15) is 5.75 Å². The zero-order valence-corrected chi connectivity index (χ0v) is 14.9. The summed E-state index contributed by atoms with van der Waals surface area (Å²) in [6.45, 7) is 3.33. The van der Waals surface area contributed by atoms with Crippen molar-refractivity contribution in [3.05, 3.63) is 54.0 Å². The third kappa shape index (κ3) is 4.45. The van der Waals surface area contributed by atoms with Crippen molar-refractivity contribution in [1.29, 1.82) is 0 Å². The Morgan fingerprint density at radius 2 is 1.96 bits per heavy atom. The van der Waals surface area contributed by atoms with Gasteiger partial charge in [0.25, 0.3) is 11.8 Å². The molecule has 1 aliphatic heterocycles. The van der Waals surface area contributed by atoms with Gasteiger partial charge in [-0.05, 0) is 43.0 Å². The highest BCUT2D eigenvalue weighted by atomic mass is 16.5. The van der Waals surface area contributed by atoms with E-state index in [-0.39, 0.29) is 24.5 Å². The predicted molar refractivity (Wildman–Crippen MR) is 97.1 cm³/mol. The molecule has 138 valence electrons. The maximum Gasteiger partial charge on any atom is 0.287 e. The molecule has 0 spiro atoms. The summed E-state index contributed by atoms with van der Waals surface area (Å²) in [7, 11) is 0. The van der Waals surface area contributed by atoms with Crippen LogP contribution in [0.15, 0.2) is 47.1 Å². The predicted octanol–water partition coefficient (Wildman–Crippen LogP) is 2.64. The van der Waals surface area contributed by atoms with Crippen molar-refractivity contribution in [2.45, 2.75) is 32.2 Å². The highest BCUT2D eigenvalue weighted by Crippen LogP contribution is 2.19. The van der Waals surface area contributed by atoms with Crippen LogP contribution in [0, 0.1) is 0 Å². The Labute approximate surface area is 153 Å². The second kappa shape index (κ2) is 8.56. The summed E-state index contributed by atoms with van der Waals surface area (Å²) in [6, 6.07) is 11.2. The molecule has 1 aliphatic rings. The van der Waals surface area contributed by atoms with Crippen molar-refractivity contribution in [3.8, 4) is 5.75 Å². The van der Waals surface area contributed by atoms with E-state index in [1.165, 1.54) is 6.26 Å². The molecule has 0 saturated carbocycles. The molecule has 1 saturated heterocycles. The molecule has 1 N–H and O–H groups in total. The molecule has 0 aliphatic carbocycles. The van der Waals surface area contributed by atoms with Gasteiger partial charge in [-0.3, -0.25) is 9.59 Å². The Kier molecular flexibility index (Phi) is 5.94. The lowest BCUT2D eigenvalue weighted by atomic mass is 10.0. The number of likely N-dealkylation sites (tertiary alicyclic amines) is 1. The lowest BCUT2D eigenvalue weighted by Gasteiger charge is -2.32. The van der Waals surface area contributed by atoms with Crippen LogP contribution in [0.25, 0.3) is 0 Å². The van der Waals surface area contributed by atoms with Crippen LogP contribution in [0.3, 0.4) is 0 Å². The minimum absolute atomic E-state index is 0.0216. The molecule has 6 nitrogen and oxygen atoms in total. The molecule has 1 aromatic heterocycles. The number of carbonyl (C=O) groups is 2. The molecule has 6 heteroatoms. The van der Waals surface area contributed by atoms with E-state index in [0.29, 0.717) is 18.8 Å². The summed E-state index contributed by atoms with van der Waals surface area (Å²) in [5.74, 6) is 0.849. The highest BCUT2D eigenvalue weighted by Gasteiger charge is 2.25. The number of benzene rings is 1. The number of amides is 2. The quantitative estimate of drug-likeness (QED) is 0.864. The number of hydrogen-bond acceptors (Lipinski definition) is 4.